The van der Waals surface area contributed by atoms with Crippen LogP contribution in [0.15, 0.2) is 119 Å². The summed E-state index contributed by atoms with van der Waals surface area (Å²) < 4.78 is 6.51. The summed E-state index contributed by atoms with van der Waals surface area (Å²) in [4.78, 5) is 59.8. The number of anilines is 2. The molecule has 4 aliphatic rings. The standard InChI is InChI=1S/C41H36BrN3O6/c1-24-7-13-28(14-8-24)43-45-38(48)34-23-33-31(19-20-32-35(33)39(49)44(37(32)47)29-15-11-27(42)12-16-29)36(25-9-17-30(18-10-25)51-22-21-46)41(34,40(45)50)26-5-3-2-4-6-26/h2-19,32-36,43,46H,20-23H2,1H3. The Balaban J connectivity index is 1.29. The van der Waals surface area contributed by atoms with Crippen molar-refractivity contribution in [3.8, 4) is 5.75 Å². The van der Waals surface area contributed by atoms with Crippen LogP contribution in [0.25, 0.3) is 0 Å². The third-order valence-corrected chi connectivity index (χ3v) is 11.6. The number of hydrogen-bond donors (Lipinski definition) is 2. The molecule has 6 unspecified atom stereocenters. The molecule has 2 aliphatic carbocycles. The number of imide groups is 2. The van der Waals surface area contributed by atoms with Gasteiger partial charge in [-0.15, -0.1) is 0 Å². The fourth-order valence-corrected chi connectivity index (χ4v) is 9.15. The number of fused-ring (bicyclic) bond motifs is 4. The molecule has 258 valence electrons. The molecule has 4 aromatic carbocycles. The molecular formula is C41H36BrN3O6. The van der Waals surface area contributed by atoms with Gasteiger partial charge in [0.25, 0.3) is 11.8 Å². The lowest BCUT2D eigenvalue weighted by molar-refractivity contribution is -0.138. The molecule has 0 aromatic heterocycles. The quantitative estimate of drug-likeness (QED) is 0.160. The van der Waals surface area contributed by atoms with Crippen molar-refractivity contribution >= 4 is 50.9 Å². The monoisotopic (exact) mass is 745 g/mol. The van der Waals surface area contributed by atoms with Crippen molar-refractivity contribution in [3.05, 3.63) is 136 Å². The Hall–Kier alpha value is -5.06. The Morgan fingerprint density at radius 2 is 1.55 bits per heavy atom. The molecule has 0 bridgehead atoms. The number of nitrogens with one attached hydrogen (secondary N) is 1. The van der Waals surface area contributed by atoms with Crippen LogP contribution >= 0.6 is 15.9 Å². The smallest absolute Gasteiger partial charge is 0.260 e. The molecule has 9 nitrogen and oxygen atoms in total. The van der Waals surface area contributed by atoms with E-state index >= 15 is 4.79 Å². The van der Waals surface area contributed by atoms with Crippen molar-refractivity contribution in [2.75, 3.05) is 23.5 Å². The maximum Gasteiger partial charge on any atom is 0.260 e. The van der Waals surface area contributed by atoms with Crippen LogP contribution in [0.1, 0.15) is 35.4 Å². The van der Waals surface area contributed by atoms with E-state index in [9.17, 15) is 19.5 Å². The van der Waals surface area contributed by atoms with E-state index in [0.29, 0.717) is 29.1 Å². The number of hydrazine groups is 1. The van der Waals surface area contributed by atoms with E-state index in [1.165, 1.54) is 9.91 Å². The maximum atomic E-state index is 15.2. The van der Waals surface area contributed by atoms with Gasteiger partial charge in [0.15, 0.2) is 0 Å². The SMILES string of the molecule is Cc1ccc(NN2C(=O)C3CC4C(=CCC5C(=O)N(c6ccc(Br)cc6)C(=O)C54)C(c4ccc(OCCO)cc4)C3(c3ccccc3)C2=O)cc1. The number of carbonyl (C=O) groups is 4. The number of halogens is 1. The summed E-state index contributed by atoms with van der Waals surface area (Å²) in [5.74, 6) is -3.94. The van der Waals surface area contributed by atoms with Gasteiger partial charge in [0.05, 0.1) is 41.2 Å². The van der Waals surface area contributed by atoms with Gasteiger partial charge >= 0.3 is 0 Å². The second-order valence-corrected chi connectivity index (χ2v) is 14.6. The van der Waals surface area contributed by atoms with Gasteiger partial charge in [0, 0.05) is 10.4 Å². The lowest BCUT2D eigenvalue weighted by atomic mass is 9.49. The Morgan fingerprint density at radius 3 is 2.24 bits per heavy atom. The van der Waals surface area contributed by atoms with Crippen molar-refractivity contribution < 1.29 is 29.0 Å². The Labute approximate surface area is 304 Å². The number of carbonyl (C=O) groups excluding carboxylic acids is 4. The molecule has 51 heavy (non-hydrogen) atoms. The van der Waals surface area contributed by atoms with E-state index in [4.69, 9.17) is 4.74 Å². The minimum absolute atomic E-state index is 0.132. The van der Waals surface area contributed by atoms with Crippen molar-refractivity contribution in [2.24, 2.45) is 23.7 Å². The fourth-order valence-electron chi connectivity index (χ4n) is 8.89. The molecule has 0 radical (unpaired) electrons. The molecular weight excluding hydrogens is 710 g/mol. The molecule has 6 atom stereocenters. The van der Waals surface area contributed by atoms with Gasteiger partial charge in [0.2, 0.25) is 11.8 Å². The molecule has 1 saturated carbocycles. The highest BCUT2D eigenvalue weighted by atomic mass is 79.9. The first-order valence-electron chi connectivity index (χ1n) is 17.2. The van der Waals surface area contributed by atoms with Gasteiger partial charge in [-0.1, -0.05) is 87.7 Å². The summed E-state index contributed by atoms with van der Waals surface area (Å²) in [6.45, 7) is 1.97. The fraction of sp³-hybridized carbons (Fsp3) is 0.268. The highest BCUT2D eigenvalue weighted by Crippen LogP contribution is 2.64. The molecule has 3 fully saturated rings. The lowest BCUT2D eigenvalue weighted by Crippen LogP contribution is -2.53. The Kier molecular flexibility index (Phi) is 8.39. The summed E-state index contributed by atoms with van der Waals surface area (Å²) in [6, 6.07) is 31.5. The molecule has 2 saturated heterocycles. The van der Waals surface area contributed by atoms with Gasteiger partial charge in [0.1, 0.15) is 12.4 Å². The second kappa shape index (κ2) is 12.9. The average Bonchev–Trinajstić information content (AvgIpc) is 3.53. The number of hydrogen-bond acceptors (Lipinski definition) is 7. The molecule has 8 rings (SSSR count). The third kappa shape index (κ3) is 5.22. The van der Waals surface area contributed by atoms with E-state index in [1.807, 2.05) is 73.7 Å². The number of amides is 4. The van der Waals surface area contributed by atoms with Gasteiger partial charge in [-0.2, -0.15) is 5.01 Å². The van der Waals surface area contributed by atoms with E-state index in [0.717, 1.165) is 21.2 Å². The molecule has 4 amide bonds. The number of ether oxygens (including phenoxy) is 1. The van der Waals surface area contributed by atoms with Crippen LogP contribution in [0.5, 0.6) is 5.75 Å². The summed E-state index contributed by atoms with van der Waals surface area (Å²) in [7, 11) is 0. The molecule has 4 aromatic rings. The number of aryl methyl sites for hydroxylation is 1. The van der Waals surface area contributed by atoms with Gasteiger partial charge < -0.3 is 9.84 Å². The van der Waals surface area contributed by atoms with E-state index < -0.39 is 35.0 Å². The van der Waals surface area contributed by atoms with Gasteiger partial charge in [-0.3, -0.25) is 29.5 Å². The molecule has 2 heterocycles. The first-order valence-corrected chi connectivity index (χ1v) is 18.0. The zero-order valence-corrected chi connectivity index (χ0v) is 29.5. The third-order valence-electron chi connectivity index (χ3n) is 11.1. The van der Waals surface area contributed by atoms with Crippen LogP contribution in [0.4, 0.5) is 11.4 Å². The van der Waals surface area contributed by atoms with Crippen LogP contribution in [0, 0.1) is 30.6 Å². The first-order chi connectivity index (χ1) is 24.7. The zero-order chi connectivity index (χ0) is 35.4. The molecule has 2 aliphatic heterocycles. The van der Waals surface area contributed by atoms with Crippen molar-refractivity contribution in [1.29, 1.82) is 0 Å². The molecule has 10 heteroatoms. The van der Waals surface area contributed by atoms with Crippen molar-refractivity contribution in [3.63, 3.8) is 0 Å². The minimum Gasteiger partial charge on any atom is -0.491 e. The first kappa shape index (κ1) is 33.1. The maximum absolute atomic E-state index is 15.2. The highest BCUT2D eigenvalue weighted by molar-refractivity contribution is 9.10. The largest absolute Gasteiger partial charge is 0.491 e. The second-order valence-electron chi connectivity index (χ2n) is 13.7. The normalized spacial score (nSPS) is 26.8. The van der Waals surface area contributed by atoms with Gasteiger partial charge in [-0.25, -0.2) is 0 Å². The van der Waals surface area contributed by atoms with Crippen molar-refractivity contribution in [1.82, 2.24) is 5.01 Å². The minimum atomic E-state index is -1.35. The highest BCUT2D eigenvalue weighted by Gasteiger charge is 2.70. The number of rotatable bonds is 8. The zero-order valence-electron chi connectivity index (χ0n) is 27.9. The molecule has 2 N–H and O–H groups in total. The van der Waals surface area contributed by atoms with Crippen LogP contribution < -0.4 is 15.1 Å². The topological polar surface area (TPSA) is 116 Å². The number of allylic oxidation sites excluding steroid dienone is 2. The van der Waals surface area contributed by atoms with E-state index in [-0.39, 0.29) is 43.3 Å². The molecule has 0 spiro atoms. The van der Waals surface area contributed by atoms with Crippen LogP contribution in [0.2, 0.25) is 0 Å². The van der Waals surface area contributed by atoms with E-state index in [2.05, 4.69) is 27.4 Å². The Morgan fingerprint density at radius 1 is 0.843 bits per heavy atom. The number of benzene rings is 4. The van der Waals surface area contributed by atoms with E-state index in [1.54, 1.807) is 36.4 Å². The van der Waals surface area contributed by atoms with Gasteiger partial charge in [-0.05, 0) is 85.3 Å². The summed E-state index contributed by atoms with van der Waals surface area (Å²) >= 11 is 3.44. The summed E-state index contributed by atoms with van der Waals surface area (Å²) in [5, 5.41) is 10.5. The average molecular weight is 747 g/mol. The van der Waals surface area contributed by atoms with Crippen molar-refractivity contribution in [2.45, 2.75) is 31.1 Å². The summed E-state index contributed by atoms with van der Waals surface area (Å²) in [5.41, 5.74) is 6.32. The lowest BCUT2D eigenvalue weighted by Gasteiger charge is -2.50. The summed E-state index contributed by atoms with van der Waals surface area (Å²) in [6.07, 6.45) is 2.61. The van der Waals surface area contributed by atoms with Crippen LogP contribution in [0.3, 0.4) is 0 Å². The van der Waals surface area contributed by atoms with Crippen LogP contribution in [-0.4, -0.2) is 47.0 Å². The predicted octanol–water partition coefficient (Wildman–Crippen LogP) is 6.32. The number of aliphatic hydroxyl groups excluding tert-OH is 1. The number of nitrogens with zero attached hydrogens (tertiary/aromatic N) is 2. The Bertz CT molecular complexity index is 2050. The predicted molar refractivity (Wildman–Crippen MR) is 194 cm³/mol. The number of aliphatic hydroxyl groups is 1. The van der Waals surface area contributed by atoms with Crippen LogP contribution in [-0.2, 0) is 24.6 Å².